The normalized spacial score (nSPS) is 9.91. The minimum absolute atomic E-state index is 0.141. The molecule has 0 atom stereocenters. The third-order valence-corrected chi connectivity index (χ3v) is 1.64. The van der Waals surface area contributed by atoms with Gasteiger partial charge < -0.3 is 16.1 Å². The van der Waals surface area contributed by atoms with Gasteiger partial charge in [-0.1, -0.05) is 12.7 Å². The van der Waals surface area contributed by atoms with Crippen molar-refractivity contribution in [1.82, 2.24) is 4.68 Å². The molecule has 0 aliphatic carbocycles. The van der Waals surface area contributed by atoms with Crippen LogP contribution in [0, 0.1) is 6.92 Å². The van der Waals surface area contributed by atoms with Crippen LogP contribution in [0.4, 0.5) is 0 Å². The number of nitrogens with two attached hydrogens (primary N) is 1. The largest absolute Gasteiger partial charge is 0.493 e. The summed E-state index contributed by atoms with van der Waals surface area (Å²) < 4.78 is 0.812. The number of aromatic hydroxyl groups is 2. The number of rotatable bonds is 1. The van der Waals surface area contributed by atoms with E-state index in [1.807, 2.05) is 0 Å². The van der Waals surface area contributed by atoms with Gasteiger partial charge in [0.1, 0.15) is 0 Å². The minimum atomic E-state index is -0.171. The summed E-state index contributed by atoms with van der Waals surface area (Å²) in [7, 11) is 0. The summed E-state index contributed by atoms with van der Waals surface area (Å²) >= 11 is 0. The second-order valence-electron chi connectivity index (χ2n) is 2.26. The lowest BCUT2D eigenvalue weighted by atomic mass is 10.2. The standard InChI is InChI=1S/C7H10N2O2/c1-3-5-4(2)6(10)9(8)7(5)11/h3,10-11H,1,8H2,2H3. The van der Waals surface area contributed by atoms with E-state index < -0.39 is 0 Å². The third kappa shape index (κ3) is 0.832. The number of nitrogens with zero attached hydrogens (tertiary/aromatic N) is 1. The van der Waals surface area contributed by atoms with E-state index in [9.17, 15) is 5.11 Å². The first-order valence-electron chi connectivity index (χ1n) is 3.10. The van der Waals surface area contributed by atoms with Gasteiger partial charge in [0.25, 0.3) is 0 Å². The molecule has 1 rings (SSSR count). The SMILES string of the molecule is C=Cc1c(C)c(O)n(N)c1O. The van der Waals surface area contributed by atoms with Gasteiger partial charge in [-0.05, 0) is 6.92 Å². The van der Waals surface area contributed by atoms with Gasteiger partial charge in [-0.25, -0.2) is 0 Å². The van der Waals surface area contributed by atoms with Gasteiger partial charge in [0.05, 0.1) is 0 Å². The van der Waals surface area contributed by atoms with E-state index in [0.717, 1.165) is 4.68 Å². The van der Waals surface area contributed by atoms with E-state index in [1.165, 1.54) is 6.08 Å². The van der Waals surface area contributed by atoms with Crippen LogP contribution in [0.3, 0.4) is 0 Å². The molecule has 0 saturated carbocycles. The predicted octanol–water partition coefficient (Wildman–Crippen LogP) is 0.565. The van der Waals surface area contributed by atoms with Gasteiger partial charge in [0.15, 0.2) is 0 Å². The van der Waals surface area contributed by atoms with E-state index in [2.05, 4.69) is 6.58 Å². The molecule has 0 fully saturated rings. The van der Waals surface area contributed by atoms with E-state index in [1.54, 1.807) is 6.92 Å². The van der Waals surface area contributed by atoms with Crippen molar-refractivity contribution in [2.24, 2.45) is 0 Å². The Morgan fingerprint density at radius 3 is 2.18 bits per heavy atom. The van der Waals surface area contributed by atoms with Crippen LogP contribution in [0.2, 0.25) is 0 Å². The fraction of sp³-hybridized carbons (Fsp3) is 0.143. The fourth-order valence-corrected chi connectivity index (χ4v) is 0.943. The van der Waals surface area contributed by atoms with Gasteiger partial charge in [0, 0.05) is 11.1 Å². The summed E-state index contributed by atoms with van der Waals surface area (Å²) in [4.78, 5) is 0. The summed E-state index contributed by atoms with van der Waals surface area (Å²) in [5.41, 5.74) is 0.991. The highest BCUT2D eigenvalue weighted by molar-refractivity contribution is 5.61. The predicted molar refractivity (Wildman–Crippen MR) is 42.7 cm³/mol. The third-order valence-electron chi connectivity index (χ3n) is 1.64. The molecule has 0 amide bonds. The highest BCUT2D eigenvalue weighted by atomic mass is 16.3. The second kappa shape index (κ2) is 2.23. The highest BCUT2D eigenvalue weighted by Crippen LogP contribution is 2.30. The molecular weight excluding hydrogens is 144 g/mol. The monoisotopic (exact) mass is 154 g/mol. The van der Waals surface area contributed by atoms with Gasteiger partial charge in [0.2, 0.25) is 11.8 Å². The Morgan fingerprint density at radius 1 is 1.45 bits per heavy atom. The number of hydrogen-bond donors (Lipinski definition) is 3. The van der Waals surface area contributed by atoms with Gasteiger partial charge >= 0.3 is 0 Å². The van der Waals surface area contributed by atoms with Crippen molar-refractivity contribution in [1.29, 1.82) is 0 Å². The Labute approximate surface area is 64.2 Å². The van der Waals surface area contributed by atoms with Crippen LogP contribution in [-0.4, -0.2) is 14.9 Å². The maximum atomic E-state index is 9.21. The minimum Gasteiger partial charge on any atom is -0.493 e. The first-order chi connectivity index (χ1) is 5.09. The smallest absolute Gasteiger partial charge is 0.220 e. The molecule has 0 aromatic carbocycles. The molecule has 0 aliphatic heterocycles. The topological polar surface area (TPSA) is 71.4 Å². The quantitative estimate of drug-likeness (QED) is 0.518. The van der Waals surface area contributed by atoms with E-state index in [4.69, 9.17) is 10.9 Å². The van der Waals surface area contributed by atoms with E-state index >= 15 is 0 Å². The fourth-order valence-electron chi connectivity index (χ4n) is 0.943. The van der Waals surface area contributed by atoms with E-state index in [0.29, 0.717) is 11.1 Å². The molecule has 11 heavy (non-hydrogen) atoms. The van der Waals surface area contributed by atoms with Gasteiger partial charge in [-0.2, -0.15) is 4.68 Å². The molecule has 4 nitrogen and oxygen atoms in total. The van der Waals surface area contributed by atoms with Crippen molar-refractivity contribution in [3.63, 3.8) is 0 Å². The van der Waals surface area contributed by atoms with Crippen molar-refractivity contribution >= 4 is 6.08 Å². The van der Waals surface area contributed by atoms with Crippen LogP contribution in [0.1, 0.15) is 11.1 Å². The summed E-state index contributed by atoms with van der Waals surface area (Å²) in [6.07, 6.45) is 1.44. The molecule has 0 saturated heterocycles. The maximum Gasteiger partial charge on any atom is 0.220 e. The molecule has 0 aliphatic rings. The summed E-state index contributed by atoms with van der Waals surface area (Å²) in [6.45, 7) is 5.12. The van der Waals surface area contributed by atoms with Crippen LogP contribution < -0.4 is 5.84 Å². The average molecular weight is 154 g/mol. The zero-order chi connectivity index (χ0) is 8.59. The van der Waals surface area contributed by atoms with Crippen molar-refractivity contribution in [2.75, 3.05) is 5.84 Å². The molecule has 60 valence electrons. The number of hydrogen-bond acceptors (Lipinski definition) is 3. The van der Waals surface area contributed by atoms with Crippen LogP contribution in [0.15, 0.2) is 6.58 Å². The van der Waals surface area contributed by atoms with Crippen molar-refractivity contribution in [3.05, 3.63) is 17.7 Å². The molecular formula is C7H10N2O2. The first kappa shape index (κ1) is 7.53. The Hall–Kier alpha value is -1.58. The summed E-state index contributed by atoms with van der Waals surface area (Å²) in [5.74, 6) is 4.94. The Morgan fingerprint density at radius 2 is 2.00 bits per heavy atom. The average Bonchev–Trinajstić information content (AvgIpc) is 2.17. The zero-order valence-electron chi connectivity index (χ0n) is 6.20. The van der Waals surface area contributed by atoms with Gasteiger partial charge in [-0.15, -0.1) is 0 Å². The number of nitrogen functional groups attached to an aromatic ring is 1. The molecule has 4 N–H and O–H groups in total. The molecule has 0 spiro atoms. The van der Waals surface area contributed by atoms with Crippen LogP contribution in [0.25, 0.3) is 6.08 Å². The van der Waals surface area contributed by atoms with Crippen LogP contribution in [0.5, 0.6) is 11.8 Å². The van der Waals surface area contributed by atoms with Crippen molar-refractivity contribution in [3.8, 4) is 11.8 Å². The summed E-state index contributed by atoms with van der Waals surface area (Å²) in [5, 5.41) is 18.4. The lowest BCUT2D eigenvalue weighted by Crippen LogP contribution is -2.05. The zero-order valence-corrected chi connectivity index (χ0v) is 6.20. The lowest BCUT2D eigenvalue weighted by molar-refractivity contribution is 0.394. The molecule has 0 radical (unpaired) electrons. The Bertz CT molecular complexity index is 276. The highest BCUT2D eigenvalue weighted by Gasteiger charge is 2.14. The van der Waals surface area contributed by atoms with Gasteiger partial charge in [-0.3, -0.25) is 0 Å². The lowest BCUT2D eigenvalue weighted by Gasteiger charge is -1.95. The van der Waals surface area contributed by atoms with E-state index in [-0.39, 0.29) is 11.8 Å². The molecule has 1 aromatic rings. The van der Waals surface area contributed by atoms with Crippen molar-refractivity contribution in [2.45, 2.75) is 6.92 Å². The molecule has 4 heteroatoms. The second-order valence-corrected chi connectivity index (χ2v) is 2.26. The first-order valence-corrected chi connectivity index (χ1v) is 3.10. The maximum absolute atomic E-state index is 9.21. The number of aromatic nitrogens is 1. The van der Waals surface area contributed by atoms with Crippen LogP contribution >= 0.6 is 0 Å². The molecule has 0 unspecified atom stereocenters. The molecule has 1 aromatic heterocycles. The molecule has 0 bridgehead atoms. The Kier molecular flexibility index (Phi) is 1.53. The van der Waals surface area contributed by atoms with Crippen LogP contribution in [-0.2, 0) is 0 Å². The van der Waals surface area contributed by atoms with Crippen molar-refractivity contribution < 1.29 is 10.2 Å². The Balaban J connectivity index is 3.47. The molecule has 1 heterocycles. The summed E-state index contributed by atoms with van der Waals surface area (Å²) in [6, 6.07) is 0.